The predicted molar refractivity (Wildman–Crippen MR) is 80.2 cm³/mol. The molecule has 19 heavy (non-hydrogen) atoms. The second-order valence-corrected chi connectivity index (χ2v) is 5.10. The van der Waals surface area contributed by atoms with Gasteiger partial charge in [-0.15, -0.1) is 0 Å². The highest BCUT2D eigenvalue weighted by Gasteiger charge is 2.04. The van der Waals surface area contributed by atoms with Crippen molar-refractivity contribution in [3.8, 4) is 11.5 Å². The number of hydrogen-bond donors (Lipinski definition) is 1. The molecular formula is C16H27NO2. The van der Waals surface area contributed by atoms with Crippen molar-refractivity contribution in [2.45, 2.75) is 45.6 Å². The van der Waals surface area contributed by atoms with Crippen LogP contribution in [0.25, 0.3) is 0 Å². The Morgan fingerprint density at radius 2 is 1.84 bits per heavy atom. The van der Waals surface area contributed by atoms with Crippen molar-refractivity contribution in [1.82, 2.24) is 5.32 Å². The maximum atomic E-state index is 5.41. The van der Waals surface area contributed by atoms with Gasteiger partial charge in [-0.3, -0.25) is 0 Å². The van der Waals surface area contributed by atoms with Crippen molar-refractivity contribution in [1.29, 1.82) is 0 Å². The van der Waals surface area contributed by atoms with Crippen LogP contribution in [0.1, 0.15) is 38.7 Å². The number of ether oxygens (including phenoxy) is 2. The summed E-state index contributed by atoms with van der Waals surface area (Å²) in [6, 6.07) is 6.64. The van der Waals surface area contributed by atoms with E-state index in [4.69, 9.17) is 9.47 Å². The van der Waals surface area contributed by atoms with Crippen LogP contribution in [-0.4, -0.2) is 26.8 Å². The molecule has 0 aliphatic carbocycles. The molecule has 0 saturated heterocycles. The highest BCUT2D eigenvalue weighted by Crippen LogP contribution is 2.25. The summed E-state index contributed by atoms with van der Waals surface area (Å²) in [4.78, 5) is 0. The highest BCUT2D eigenvalue weighted by molar-refractivity contribution is 5.40. The van der Waals surface area contributed by atoms with E-state index in [0.717, 1.165) is 24.5 Å². The van der Waals surface area contributed by atoms with Crippen LogP contribution in [0.3, 0.4) is 0 Å². The zero-order chi connectivity index (χ0) is 14.1. The number of nitrogens with one attached hydrogen (secondary N) is 1. The first-order valence-corrected chi connectivity index (χ1v) is 7.11. The van der Waals surface area contributed by atoms with E-state index >= 15 is 0 Å². The number of benzene rings is 1. The Balaban J connectivity index is 2.32. The zero-order valence-corrected chi connectivity index (χ0v) is 12.7. The molecule has 0 unspecified atom stereocenters. The molecule has 1 rings (SSSR count). The van der Waals surface area contributed by atoms with Crippen molar-refractivity contribution in [2.24, 2.45) is 0 Å². The van der Waals surface area contributed by atoms with Gasteiger partial charge in [0.15, 0.2) is 0 Å². The lowest BCUT2D eigenvalue weighted by Gasteiger charge is -2.11. The van der Waals surface area contributed by atoms with Crippen LogP contribution >= 0.6 is 0 Å². The minimum absolute atomic E-state index is 0.585. The van der Waals surface area contributed by atoms with E-state index in [-0.39, 0.29) is 0 Å². The van der Waals surface area contributed by atoms with Gasteiger partial charge in [0, 0.05) is 12.1 Å². The maximum Gasteiger partial charge on any atom is 0.125 e. The topological polar surface area (TPSA) is 30.5 Å². The van der Waals surface area contributed by atoms with Gasteiger partial charge in [-0.25, -0.2) is 0 Å². The first kappa shape index (κ1) is 15.8. The first-order chi connectivity index (χ1) is 9.17. The molecule has 3 nitrogen and oxygen atoms in total. The molecule has 0 atom stereocenters. The molecule has 0 aliphatic rings. The van der Waals surface area contributed by atoms with Crippen LogP contribution < -0.4 is 14.8 Å². The molecule has 108 valence electrons. The Morgan fingerprint density at radius 3 is 2.47 bits per heavy atom. The summed E-state index contributed by atoms with van der Waals surface area (Å²) in [6.07, 6.45) is 4.74. The average molecular weight is 265 g/mol. The molecule has 1 aromatic carbocycles. The first-order valence-electron chi connectivity index (χ1n) is 7.11. The molecule has 0 heterocycles. The number of aryl methyl sites for hydroxylation is 1. The van der Waals surface area contributed by atoms with Crippen LogP contribution in [-0.2, 0) is 6.42 Å². The minimum atomic E-state index is 0.585. The van der Waals surface area contributed by atoms with Gasteiger partial charge in [0.25, 0.3) is 0 Å². The Bertz CT molecular complexity index is 364. The molecular weight excluding hydrogens is 238 g/mol. The van der Waals surface area contributed by atoms with E-state index in [0.29, 0.717) is 6.04 Å². The molecule has 1 aromatic rings. The molecule has 1 N–H and O–H groups in total. The number of unbranched alkanes of at least 4 members (excludes halogenated alkanes) is 2. The maximum absolute atomic E-state index is 5.41. The Kier molecular flexibility index (Phi) is 7.34. The van der Waals surface area contributed by atoms with Gasteiger partial charge in [0.05, 0.1) is 14.2 Å². The second-order valence-electron chi connectivity index (χ2n) is 5.10. The smallest absolute Gasteiger partial charge is 0.125 e. The number of hydrogen-bond acceptors (Lipinski definition) is 3. The molecule has 0 aromatic heterocycles. The third-order valence-electron chi connectivity index (χ3n) is 3.17. The minimum Gasteiger partial charge on any atom is -0.497 e. The van der Waals surface area contributed by atoms with Crippen LogP contribution in [0.5, 0.6) is 11.5 Å². The van der Waals surface area contributed by atoms with Gasteiger partial charge >= 0.3 is 0 Å². The van der Waals surface area contributed by atoms with E-state index in [9.17, 15) is 0 Å². The monoisotopic (exact) mass is 265 g/mol. The standard InChI is InChI=1S/C16H27NO2/c1-13(2)17-11-7-5-6-8-14-9-10-15(18-3)12-16(14)19-4/h9-10,12-13,17H,5-8,11H2,1-4H3. The fourth-order valence-electron chi connectivity index (χ4n) is 2.07. The number of rotatable bonds is 9. The fraction of sp³-hybridized carbons (Fsp3) is 0.625. The van der Waals surface area contributed by atoms with E-state index in [2.05, 4.69) is 25.2 Å². The largest absolute Gasteiger partial charge is 0.497 e. The summed E-state index contributed by atoms with van der Waals surface area (Å²) in [5.41, 5.74) is 1.26. The number of methoxy groups -OCH3 is 2. The van der Waals surface area contributed by atoms with E-state index in [1.807, 2.05) is 12.1 Å². The highest BCUT2D eigenvalue weighted by atomic mass is 16.5. The molecule has 0 spiro atoms. The predicted octanol–water partition coefficient (Wildman–Crippen LogP) is 3.41. The normalized spacial score (nSPS) is 10.8. The summed E-state index contributed by atoms with van der Waals surface area (Å²) < 4.78 is 10.6. The lowest BCUT2D eigenvalue weighted by atomic mass is 10.1. The second kappa shape index (κ2) is 8.81. The van der Waals surface area contributed by atoms with Crippen LogP contribution in [0.15, 0.2) is 18.2 Å². The van der Waals surface area contributed by atoms with Gasteiger partial charge in [-0.05, 0) is 37.4 Å². The van der Waals surface area contributed by atoms with Crippen LogP contribution in [0.2, 0.25) is 0 Å². The summed E-state index contributed by atoms with van der Waals surface area (Å²) in [5, 5.41) is 3.44. The lowest BCUT2D eigenvalue weighted by molar-refractivity contribution is 0.390. The van der Waals surface area contributed by atoms with Crippen molar-refractivity contribution in [3.05, 3.63) is 23.8 Å². The Hall–Kier alpha value is -1.22. The van der Waals surface area contributed by atoms with Crippen molar-refractivity contribution in [2.75, 3.05) is 20.8 Å². The third kappa shape index (κ3) is 5.97. The summed E-state index contributed by atoms with van der Waals surface area (Å²) in [6.45, 7) is 5.47. The molecule has 3 heteroatoms. The van der Waals surface area contributed by atoms with Gasteiger partial charge in [0.1, 0.15) is 11.5 Å². The molecule has 0 radical (unpaired) electrons. The summed E-state index contributed by atoms with van der Waals surface area (Å²) in [5.74, 6) is 1.78. The molecule has 0 fully saturated rings. The van der Waals surface area contributed by atoms with Crippen LogP contribution in [0.4, 0.5) is 0 Å². The quantitative estimate of drug-likeness (QED) is 0.694. The van der Waals surface area contributed by atoms with Crippen molar-refractivity contribution < 1.29 is 9.47 Å². The molecule has 0 bridgehead atoms. The van der Waals surface area contributed by atoms with Crippen LogP contribution in [0, 0.1) is 0 Å². The van der Waals surface area contributed by atoms with Gasteiger partial charge < -0.3 is 14.8 Å². The molecule has 0 saturated carbocycles. The third-order valence-corrected chi connectivity index (χ3v) is 3.17. The van der Waals surface area contributed by atoms with Gasteiger partial charge in [-0.2, -0.15) is 0 Å². The summed E-state index contributed by atoms with van der Waals surface area (Å²) in [7, 11) is 3.39. The van der Waals surface area contributed by atoms with Gasteiger partial charge in [0.2, 0.25) is 0 Å². The zero-order valence-electron chi connectivity index (χ0n) is 12.7. The molecule has 0 aliphatic heterocycles. The average Bonchev–Trinajstić information content (AvgIpc) is 2.42. The van der Waals surface area contributed by atoms with E-state index in [1.165, 1.54) is 24.8 Å². The Labute approximate surface area is 117 Å². The van der Waals surface area contributed by atoms with E-state index in [1.54, 1.807) is 14.2 Å². The van der Waals surface area contributed by atoms with E-state index < -0.39 is 0 Å². The molecule has 0 amide bonds. The Morgan fingerprint density at radius 1 is 1.05 bits per heavy atom. The van der Waals surface area contributed by atoms with Crippen molar-refractivity contribution >= 4 is 0 Å². The lowest BCUT2D eigenvalue weighted by Crippen LogP contribution is -2.23. The summed E-state index contributed by atoms with van der Waals surface area (Å²) >= 11 is 0. The van der Waals surface area contributed by atoms with Gasteiger partial charge in [-0.1, -0.05) is 26.3 Å². The van der Waals surface area contributed by atoms with Crippen molar-refractivity contribution in [3.63, 3.8) is 0 Å². The SMILES string of the molecule is COc1ccc(CCCCCNC(C)C)c(OC)c1. The fourth-order valence-corrected chi connectivity index (χ4v) is 2.07.